The number of primary amides is 1. The third-order valence-electron chi connectivity index (χ3n) is 4.24. The van der Waals surface area contributed by atoms with Gasteiger partial charge in [0.05, 0.1) is 12.0 Å². The summed E-state index contributed by atoms with van der Waals surface area (Å²) in [4.78, 5) is 23.6. The minimum atomic E-state index is -0.725. The lowest BCUT2D eigenvalue weighted by atomic mass is 9.79. The van der Waals surface area contributed by atoms with E-state index in [-0.39, 0.29) is 31.2 Å². The van der Waals surface area contributed by atoms with E-state index in [4.69, 9.17) is 15.2 Å². The molecule has 7 heteroatoms. The molecule has 0 bridgehead atoms. The van der Waals surface area contributed by atoms with Gasteiger partial charge in [-0.15, -0.1) is 0 Å². The zero-order valence-corrected chi connectivity index (χ0v) is 13.6. The van der Waals surface area contributed by atoms with Crippen molar-refractivity contribution >= 4 is 11.8 Å². The molecule has 3 N–H and O–H groups in total. The molecular weight excluding hydrogens is 315 g/mol. The summed E-state index contributed by atoms with van der Waals surface area (Å²) in [6, 6.07) is 6.12. The number of amides is 2. The first-order valence-corrected chi connectivity index (χ1v) is 8.05. The average Bonchev–Trinajstić information content (AvgIpc) is 2.59. The summed E-state index contributed by atoms with van der Waals surface area (Å²) in [6.07, 6.45) is 1.71. The number of halogens is 1. The Balaban J connectivity index is 1.69. The minimum Gasteiger partial charge on any atom is -0.491 e. The number of hydrogen-bond acceptors (Lipinski definition) is 4. The van der Waals surface area contributed by atoms with Crippen molar-refractivity contribution in [2.75, 3.05) is 26.4 Å². The van der Waals surface area contributed by atoms with Crippen molar-refractivity contribution in [1.29, 1.82) is 0 Å². The van der Waals surface area contributed by atoms with E-state index < -0.39 is 17.1 Å². The third kappa shape index (κ3) is 4.92. The van der Waals surface area contributed by atoms with E-state index in [1.807, 2.05) is 0 Å². The number of para-hydroxylation sites is 1. The summed E-state index contributed by atoms with van der Waals surface area (Å²) >= 11 is 0. The molecule has 1 heterocycles. The van der Waals surface area contributed by atoms with Crippen LogP contribution in [0.15, 0.2) is 24.3 Å². The van der Waals surface area contributed by atoms with Gasteiger partial charge in [-0.25, -0.2) is 4.39 Å². The molecule has 0 unspecified atom stereocenters. The Morgan fingerprint density at radius 1 is 1.29 bits per heavy atom. The average molecular weight is 338 g/mol. The monoisotopic (exact) mass is 338 g/mol. The Bertz CT molecular complexity index is 573. The predicted octanol–water partition coefficient (Wildman–Crippen LogP) is 1.38. The van der Waals surface area contributed by atoms with E-state index in [1.165, 1.54) is 12.1 Å². The maximum atomic E-state index is 13.4. The van der Waals surface area contributed by atoms with Crippen molar-refractivity contribution in [1.82, 2.24) is 5.32 Å². The fraction of sp³-hybridized carbons (Fsp3) is 0.529. The van der Waals surface area contributed by atoms with Crippen LogP contribution in [0, 0.1) is 11.2 Å². The number of benzene rings is 1. The van der Waals surface area contributed by atoms with Gasteiger partial charge in [-0.2, -0.15) is 0 Å². The largest absolute Gasteiger partial charge is 0.491 e. The normalized spacial score (nSPS) is 16.4. The van der Waals surface area contributed by atoms with Crippen LogP contribution in [-0.4, -0.2) is 38.2 Å². The third-order valence-corrected chi connectivity index (χ3v) is 4.24. The standard InChI is InChI=1S/C17H23FN2O4/c18-13-4-1-2-5-14(13)24-9-3-6-15(21)20-12-17(16(19)22)7-10-23-11-8-17/h1-2,4-5H,3,6-12H2,(H2,19,22)(H,20,21). The van der Waals surface area contributed by atoms with Crippen molar-refractivity contribution in [3.63, 3.8) is 0 Å². The van der Waals surface area contributed by atoms with Crippen molar-refractivity contribution in [2.45, 2.75) is 25.7 Å². The van der Waals surface area contributed by atoms with E-state index in [2.05, 4.69) is 5.32 Å². The van der Waals surface area contributed by atoms with Crippen molar-refractivity contribution < 1.29 is 23.5 Å². The highest BCUT2D eigenvalue weighted by atomic mass is 19.1. The van der Waals surface area contributed by atoms with Crippen LogP contribution in [0.5, 0.6) is 5.75 Å². The maximum Gasteiger partial charge on any atom is 0.225 e. The molecule has 24 heavy (non-hydrogen) atoms. The SMILES string of the molecule is NC(=O)C1(CNC(=O)CCCOc2ccccc2F)CCOCC1. The lowest BCUT2D eigenvalue weighted by molar-refractivity contribution is -0.134. The zero-order valence-electron chi connectivity index (χ0n) is 13.6. The molecule has 1 aliphatic heterocycles. The summed E-state index contributed by atoms with van der Waals surface area (Å²) in [7, 11) is 0. The number of nitrogens with one attached hydrogen (secondary N) is 1. The van der Waals surface area contributed by atoms with Gasteiger partial charge in [0.15, 0.2) is 11.6 Å². The van der Waals surface area contributed by atoms with Crippen LogP contribution < -0.4 is 15.8 Å². The molecule has 0 aliphatic carbocycles. The number of nitrogens with two attached hydrogens (primary N) is 1. The Hall–Kier alpha value is -2.15. The first-order chi connectivity index (χ1) is 11.5. The quantitative estimate of drug-likeness (QED) is 0.701. The fourth-order valence-electron chi connectivity index (χ4n) is 2.61. The van der Waals surface area contributed by atoms with Gasteiger partial charge >= 0.3 is 0 Å². The van der Waals surface area contributed by atoms with Crippen LogP contribution in [0.3, 0.4) is 0 Å². The summed E-state index contributed by atoms with van der Waals surface area (Å²) < 4.78 is 23.9. The molecule has 132 valence electrons. The van der Waals surface area contributed by atoms with Crippen LogP contribution in [0.2, 0.25) is 0 Å². The molecule has 0 aromatic heterocycles. The second-order valence-electron chi connectivity index (χ2n) is 5.92. The van der Waals surface area contributed by atoms with E-state index in [0.29, 0.717) is 32.5 Å². The fourth-order valence-corrected chi connectivity index (χ4v) is 2.61. The van der Waals surface area contributed by atoms with Crippen molar-refractivity contribution in [3.05, 3.63) is 30.1 Å². The van der Waals surface area contributed by atoms with Gasteiger partial charge in [0.1, 0.15) is 0 Å². The molecule has 0 spiro atoms. The molecule has 1 aromatic rings. The van der Waals surface area contributed by atoms with Gasteiger partial charge < -0.3 is 20.5 Å². The first kappa shape index (κ1) is 18.2. The summed E-state index contributed by atoms with van der Waals surface area (Å²) in [5.74, 6) is -0.842. The smallest absolute Gasteiger partial charge is 0.225 e. The lowest BCUT2D eigenvalue weighted by Crippen LogP contribution is -2.49. The van der Waals surface area contributed by atoms with Crippen LogP contribution in [0.1, 0.15) is 25.7 Å². The van der Waals surface area contributed by atoms with Crippen LogP contribution in [-0.2, 0) is 14.3 Å². The number of ether oxygens (including phenoxy) is 2. The predicted molar refractivity (Wildman–Crippen MR) is 85.8 cm³/mol. The molecule has 0 atom stereocenters. The van der Waals surface area contributed by atoms with E-state index in [0.717, 1.165) is 0 Å². The Labute approximate surface area is 140 Å². The Morgan fingerprint density at radius 2 is 2.00 bits per heavy atom. The van der Waals surface area contributed by atoms with Gasteiger partial charge in [0.2, 0.25) is 11.8 Å². The molecule has 1 aliphatic rings. The minimum absolute atomic E-state index is 0.174. The van der Waals surface area contributed by atoms with E-state index >= 15 is 0 Å². The molecule has 2 rings (SSSR count). The summed E-state index contributed by atoms with van der Waals surface area (Å²) in [5, 5.41) is 2.76. The van der Waals surface area contributed by atoms with Crippen LogP contribution >= 0.6 is 0 Å². The Morgan fingerprint density at radius 3 is 2.67 bits per heavy atom. The van der Waals surface area contributed by atoms with Crippen molar-refractivity contribution in [3.8, 4) is 5.75 Å². The topological polar surface area (TPSA) is 90.7 Å². The number of rotatable bonds is 8. The van der Waals surface area contributed by atoms with E-state index in [9.17, 15) is 14.0 Å². The highest BCUT2D eigenvalue weighted by Gasteiger charge is 2.38. The Kier molecular flexibility index (Phi) is 6.54. The highest BCUT2D eigenvalue weighted by molar-refractivity contribution is 5.82. The lowest BCUT2D eigenvalue weighted by Gasteiger charge is -2.34. The van der Waals surface area contributed by atoms with Crippen LogP contribution in [0.4, 0.5) is 4.39 Å². The van der Waals surface area contributed by atoms with Gasteiger partial charge in [0.25, 0.3) is 0 Å². The molecule has 0 radical (unpaired) electrons. The van der Waals surface area contributed by atoms with Gasteiger partial charge in [-0.3, -0.25) is 9.59 Å². The van der Waals surface area contributed by atoms with Crippen LogP contribution in [0.25, 0.3) is 0 Å². The first-order valence-electron chi connectivity index (χ1n) is 8.05. The summed E-state index contributed by atoms with van der Waals surface area (Å²) in [6.45, 7) is 1.40. The highest BCUT2D eigenvalue weighted by Crippen LogP contribution is 2.29. The molecule has 1 aromatic carbocycles. The molecule has 2 amide bonds. The maximum absolute atomic E-state index is 13.4. The number of hydrogen-bond donors (Lipinski definition) is 2. The van der Waals surface area contributed by atoms with Gasteiger partial charge in [0, 0.05) is 26.2 Å². The van der Waals surface area contributed by atoms with Gasteiger partial charge in [-0.05, 0) is 31.4 Å². The molecular formula is C17H23FN2O4. The van der Waals surface area contributed by atoms with Gasteiger partial charge in [-0.1, -0.05) is 12.1 Å². The molecule has 0 saturated carbocycles. The van der Waals surface area contributed by atoms with Crippen molar-refractivity contribution in [2.24, 2.45) is 11.1 Å². The second kappa shape index (κ2) is 8.63. The molecule has 1 fully saturated rings. The molecule has 6 nitrogen and oxygen atoms in total. The van der Waals surface area contributed by atoms with E-state index in [1.54, 1.807) is 12.1 Å². The number of carbonyl (C=O) groups is 2. The summed E-state index contributed by atoms with van der Waals surface area (Å²) in [5.41, 5.74) is 4.76. The zero-order chi connectivity index (χ0) is 17.4. The number of carbonyl (C=O) groups excluding carboxylic acids is 2. The second-order valence-corrected chi connectivity index (χ2v) is 5.92. The molecule has 1 saturated heterocycles.